The predicted octanol–water partition coefficient (Wildman–Crippen LogP) is 0.399. The molecule has 1 aromatic rings. The number of rotatable bonds is 2. The largest absolute Gasteiger partial charge is 0.384 e. The first kappa shape index (κ1) is 15.0. The molecule has 1 aromatic heterocycles. The van der Waals surface area contributed by atoms with Gasteiger partial charge in [-0.05, 0) is 24.3 Å². The number of aliphatic hydroxyl groups is 1. The third-order valence-electron chi connectivity index (χ3n) is 2.97. The van der Waals surface area contributed by atoms with Gasteiger partial charge in [0.05, 0.1) is 11.5 Å². The van der Waals surface area contributed by atoms with E-state index in [0.717, 1.165) is 0 Å². The zero-order chi connectivity index (χ0) is 14.6. The zero-order valence-electron chi connectivity index (χ0n) is 10.8. The molecule has 1 saturated heterocycles. The van der Waals surface area contributed by atoms with Gasteiger partial charge in [0.2, 0.25) is 0 Å². The van der Waals surface area contributed by atoms with Crippen molar-refractivity contribution in [3.8, 4) is 11.8 Å². The SMILES string of the molecule is O=C(NC1CCCS(=O)(=O)C1)c1sccc1C#CCO. The van der Waals surface area contributed by atoms with Crippen LogP contribution >= 0.6 is 11.3 Å². The van der Waals surface area contributed by atoms with Crippen molar-refractivity contribution in [2.75, 3.05) is 18.1 Å². The average molecular weight is 313 g/mol. The molecule has 1 fully saturated rings. The molecule has 5 nitrogen and oxygen atoms in total. The number of hydrogen-bond acceptors (Lipinski definition) is 5. The molecule has 1 aliphatic rings. The molecule has 0 aromatic carbocycles. The number of thiophene rings is 1. The summed E-state index contributed by atoms with van der Waals surface area (Å²) < 4.78 is 23.1. The lowest BCUT2D eigenvalue weighted by molar-refractivity contribution is 0.0942. The Morgan fingerprint density at radius 2 is 2.35 bits per heavy atom. The fourth-order valence-corrected chi connectivity index (χ4v) is 4.49. The second kappa shape index (κ2) is 6.39. The highest BCUT2D eigenvalue weighted by molar-refractivity contribution is 7.91. The van der Waals surface area contributed by atoms with Crippen LogP contribution in [0.2, 0.25) is 0 Å². The van der Waals surface area contributed by atoms with Gasteiger partial charge in [0.25, 0.3) is 5.91 Å². The van der Waals surface area contributed by atoms with Gasteiger partial charge in [-0.15, -0.1) is 11.3 Å². The minimum atomic E-state index is -3.04. The highest BCUT2D eigenvalue weighted by atomic mass is 32.2. The lowest BCUT2D eigenvalue weighted by Gasteiger charge is -2.22. The molecular formula is C13H15NO4S2. The van der Waals surface area contributed by atoms with Crippen molar-refractivity contribution in [2.45, 2.75) is 18.9 Å². The topological polar surface area (TPSA) is 83.5 Å². The zero-order valence-corrected chi connectivity index (χ0v) is 12.4. The Morgan fingerprint density at radius 3 is 3.05 bits per heavy atom. The van der Waals surface area contributed by atoms with Gasteiger partial charge in [-0.25, -0.2) is 8.42 Å². The molecule has 0 aliphatic carbocycles. The van der Waals surface area contributed by atoms with Crippen molar-refractivity contribution < 1.29 is 18.3 Å². The van der Waals surface area contributed by atoms with Crippen molar-refractivity contribution in [3.63, 3.8) is 0 Å². The number of sulfone groups is 1. The molecule has 1 amide bonds. The van der Waals surface area contributed by atoms with Gasteiger partial charge in [0.1, 0.15) is 11.5 Å². The molecule has 0 bridgehead atoms. The van der Waals surface area contributed by atoms with E-state index in [0.29, 0.717) is 23.3 Å². The Labute approximate surface area is 121 Å². The highest BCUT2D eigenvalue weighted by Crippen LogP contribution is 2.18. The normalized spacial score (nSPS) is 20.8. The number of aliphatic hydroxyl groups excluding tert-OH is 1. The van der Waals surface area contributed by atoms with Crippen LogP contribution in [-0.2, 0) is 9.84 Å². The Hall–Kier alpha value is -1.36. The first-order valence-corrected chi connectivity index (χ1v) is 8.90. The van der Waals surface area contributed by atoms with Crippen LogP contribution in [0.1, 0.15) is 28.1 Å². The fraction of sp³-hybridized carbons (Fsp3) is 0.462. The highest BCUT2D eigenvalue weighted by Gasteiger charge is 2.26. The van der Waals surface area contributed by atoms with E-state index in [1.54, 1.807) is 11.4 Å². The van der Waals surface area contributed by atoms with E-state index in [1.807, 2.05) is 0 Å². The second-order valence-corrected chi connectivity index (χ2v) is 7.70. The Bertz CT molecular complexity index is 651. The van der Waals surface area contributed by atoms with Gasteiger partial charge in [-0.2, -0.15) is 0 Å². The molecule has 108 valence electrons. The predicted molar refractivity (Wildman–Crippen MR) is 77.4 cm³/mol. The smallest absolute Gasteiger partial charge is 0.262 e. The molecule has 7 heteroatoms. The van der Waals surface area contributed by atoms with Crippen LogP contribution in [0.5, 0.6) is 0 Å². The molecule has 20 heavy (non-hydrogen) atoms. The summed E-state index contributed by atoms with van der Waals surface area (Å²) in [5, 5.41) is 13.2. The first-order chi connectivity index (χ1) is 9.52. The van der Waals surface area contributed by atoms with Crippen molar-refractivity contribution in [1.82, 2.24) is 5.32 Å². The molecule has 0 saturated carbocycles. The maximum absolute atomic E-state index is 12.1. The monoisotopic (exact) mass is 313 g/mol. The molecule has 1 aliphatic heterocycles. The lowest BCUT2D eigenvalue weighted by atomic mass is 10.1. The fourth-order valence-electron chi connectivity index (χ4n) is 2.11. The third-order valence-corrected chi connectivity index (χ3v) is 5.71. The van der Waals surface area contributed by atoms with Crippen LogP contribution in [0.15, 0.2) is 11.4 Å². The number of carbonyl (C=O) groups is 1. The van der Waals surface area contributed by atoms with Gasteiger partial charge in [-0.1, -0.05) is 11.8 Å². The maximum atomic E-state index is 12.1. The minimum Gasteiger partial charge on any atom is -0.384 e. The molecule has 2 rings (SSSR count). The van der Waals surface area contributed by atoms with Crippen LogP contribution < -0.4 is 5.32 Å². The number of nitrogens with one attached hydrogen (secondary N) is 1. The quantitative estimate of drug-likeness (QED) is 0.774. The third kappa shape index (κ3) is 3.82. The Balaban J connectivity index is 2.07. The number of amides is 1. The van der Waals surface area contributed by atoms with Crippen molar-refractivity contribution in [3.05, 3.63) is 21.9 Å². The van der Waals surface area contributed by atoms with Crippen LogP contribution in [0, 0.1) is 11.8 Å². The van der Waals surface area contributed by atoms with E-state index in [1.165, 1.54) is 11.3 Å². The summed E-state index contributed by atoms with van der Waals surface area (Å²) in [6.07, 6.45) is 1.25. The Kier molecular flexibility index (Phi) is 4.81. The summed E-state index contributed by atoms with van der Waals surface area (Å²) in [7, 11) is -3.04. The van der Waals surface area contributed by atoms with Gasteiger partial charge in [0.15, 0.2) is 9.84 Å². The number of hydrogen-bond donors (Lipinski definition) is 2. The molecule has 0 spiro atoms. The van der Waals surface area contributed by atoms with E-state index in [9.17, 15) is 13.2 Å². The molecular weight excluding hydrogens is 298 g/mol. The summed E-state index contributed by atoms with van der Waals surface area (Å²) >= 11 is 1.25. The second-order valence-electron chi connectivity index (χ2n) is 4.55. The van der Waals surface area contributed by atoms with E-state index in [-0.39, 0.29) is 30.1 Å². The van der Waals surface area contributed by atoms with E-state index in [4.69, 9.17) is 5.11 Å². The summed E-state index contributed by atoms with van der Waals surface area (Å²) in [5.41, 5.74) is 0.556. The van der Waals surface area contributed by atoms with Gasteiger partial charge in [0, 0.05) is 11.6 Å². The van der Waals surface area contributed by atoms with Crippen LogP contribution in [0.3, 0.4) is 0 Å². The van der Waals surface area contributed by atoms with Gasteiger partial charge in [-0.3, -0.25) is 4.79 Å². The number of carbonyl (C=O) groups excluding carboxylic acids is 1. The summed E-state index contributed by atoms with van der Waals surface area (Å²) in [5.74, 6) is 5.11. The molecule has 2 N–H and O–H groups in total. The first-order valence-electron chi connectivity index (χ1n) is 6.20. The molecule has 1 atom stereocenters. The Morgan fingerprint density at radius 1 is 1.55 bits per heavy atom. The molecule has 0 radical (unpaired) electrons. The summed E-state index contributed by atoms with van der Waals surface area (Å²) in [6, 6.07) is 1.38. The summed E-state index contributed by atoms with van der Waals surface area (Å²) in [4.78, 5) is 12.6. The summed E-state index contributed by atoms with van der Waals surface area (Å²) in [6.45, 7) is -0.266. The van der Waals surface area contributed by atoms with Crippen LogP contribution in [-0.4, -0.2) is 43.6 Å². The molecule has 2 heterocycles. The van der Waals surface area contributed by atoms with Crippen LogP contribution in [0.25, 0.3) is 0 Å². The van der Waals surface area contributed by atoms with Crippen molar-refractivity contribution in [1.29, 1.82) is 0 Å². The maximum Gasteiger partial charge on any atom is 0.262 e. The van der Waals surface area contributed by atoms with E-state index >= 15 is 0 Å². The van der Waals surface area contributed by atoms with E-state index < -0.39 is 9.84 Å². The standard InChI is InChI=1S/C13H15NO4S2/c15-6-1-3-10-5-7-19-12(10)13(16)14-11-4-2-8-20(17,18)9-11/h5,7,11,15H,2,4,6,8-9H2,(H,14,16). The molecule has 1 unspecified atom stereocenters. The lowest BCUT2D eigenvalue weighted by Crippen LogP contribution is -2.43. The van der Waals surface area contributed by atoms with Crippen molar-refractivity contribution in [2.24, 2.45) is 0 Å². The minimum absolute atomic E-state index is 0.00175. The van der Waals surface area contributed by atoms with Crippen molar-refractivity contribution >= 4 is 27.1 Å². The van der Waals surface area contributed by atoms with Gasteiger partial charge < -0.3 is 10.4 Å². The van der Waals surface area contributed by atoms with Crippen LogP contribution in [0.4, 0.5) is 0 Å². The average Bonchev–Trinajstić information content (AvgIpc) is 2.83. The van der Waals surface area contributed by atoms with E-state index in [2.05, 4.69) is 17.2 Å². The van der Waals surface area contributed by atoms with Gasteiger partial charge >= 0.3 is 0 Å².